The minimum atomic E-state index is -0.335. The average molecular weight is 270 g/mol. The molecule has 0 radical (unpaired) electrons. The van der Waals surface area contributed by atoms with Gasteiger partial charge in [0.05, 0.1) is 5.56 Å². The summed E-state index contributed by atoms with van der Waals surface area (Å²) in [6, 6.07) is 16.5. The van der Waals surface area contributed by atoms with Gasteiger partial charge in [0.25, 0.3) is 0 Å². The first-order valence-electron chi connectivity index (χ1n) is 5.91. The molecule has 96 valence electrons. The lowest BCUT2D eigenvalue weighted by Gasteiger charge is -2.08. The predicted octanol–water partition coefficient (Wildman–Crippen LogP) is 4.18. The number of ether oxygens (including phenoxy) is 1. The number of carbonyl (C=O) groups excluding carboxylic acids is 1. The fourth-order valence-corrected chi connectivity index (χ4v) is 2.34. The highest BCUT2D eigenvalue weighted by Crippen LogP contribution is 2.24. The highest BCUT2D eigenvalue weighted by atomic mass is 32.2. The normalized spacial score (nSPS) is 9.89. The standard InChI is InChI=1S/C16H14O2S/c1-2-12-19-15-11-7-6-10-14(15)16(17)18-13-8-4-3-5-9-13/h2-11H,1,12H2. The quantitative estimate of drug-likeness (QED) is 0.353. The van der Waals surface area contributed by atoms with Crippen molar-refractivity contribution in [1.82, 2.24) is 0 Å². The summed E-state index contributed by atoms with van der Waals surface area (Å²) in [7, 11) is 0. The molecule has 0 saturated heterocycles. The first kappa shape index (κ1) is 13.4. The zero-order valence-corrected chi connectivity index (χ0v) is 11.2. The third-order valence-corrected chi connectivity index (χ3v) is 3.49. The highest BCUT2D eigenvalue weighted by Gasteiger charge is 2.13. The number of hydrogen-bond acceptors (Lipinski definition) is 3. The Kier molecular flexibility index (Phi) is 4.81. The lowest BCUT2D eigenvalue weighted by molar-refractivity contribution is 0.0731. The zero-order valence-electron chi connectivity index (χ0n) is 10.4. The summed E-state index contributed by atoms with van der Waals surface area (Å²) in [6.07, 6.45) is 1.81. The third kappa shape index (κ3) is 3.73. The van der Waals surface area contributed by atoms with Crippen LogP contribution in [0.5, 0.6) is 5.75 Å². The van der Waals surface area contributed by atoms with Crippen molar-refractivity contribution in [2.45, 2.75) is 4.90 Å². The van der Waals surface area contributed by atoms with Crippen molar-refractivity contribution in [3.63, 3.8) is 0 Å². The Morgan fingerprint density at radius 3 is 2.53 bits per heavy atom. The first-order valence-corrected chi connectivity index (χ1v) is 6.90. The molecule has 2 aromatic carbocycles. The molecule has 0 aliphatic rings. The van der Waals surface area contributed by atoms with Gasteiger partial charge in [-0.3, -0.25) is 0 Å². The molecule has 0 atom stereocenters. The van der Waals surface area contributed by atoms with E-state index in [0.717, 1.165) is 10.6 Å². The summed E-state index contributed by atoms with van der Waals surface area (Å²) in [5, 5.41) is 0. The van der Waals surface area contributed by atoms with Gasteiger partial charge in [0.15, 0.2) is 0 Å². The molecule has 0 amide bonds. The Morgan fingerprint density at radius 2 is 1.79 bits per heavy atom. The largest absolute Gasteiger partial charge is 0.423 e. The molecule has 0 saturated carbocycles. The number of hydrogen-bond donors (Lipinski definition) is 0. The molecule has 2 rings (SSSR count). The highest BCUT2D eigenvalue weighted by molar-refractivity contribution is 7.99. The van der Waals surface area contributed by atoms with Crippen LogP contribution in [-0.2, 0) is 0 Å². The Hall–Kier alpha value is -2.00. The molecule has 2 aromatic rings. The Labute approximate surface area is 117 Å². The van der Waals surface area contributed by atoms with E-state index in [0.29, 0.717) is 11.3 Å². The second kappa shape index (κ2) is 6.81. The number of para-hydroxylation sites is 1. The van der Waals surface area contributed by atoms with E-state index in [2.05, 4.69) is 6.58 Å². The van der Waals surface area contributed by atoms with Crippen molar-refractivity contribution in [2.24, 2.45) is 0 Å². The number of thioether (sulfide) groups is 1. The second-order valence-corrected chi connectivity index (χ2v) is 4.86. The molecule has 0 aromatic heterocycles. The number of rotatable bonds is 5. The van der Waals surface area contributed by atoms with E-state index in [1.165, 1.54) is 0 Å². The van der Waals surface area contributed by atoms with E-state index < -0.39 is 0 Å². The van der Waals surface area contributed by atoms with Crippen LogP contribution in [0.25, 0.3) is 0 Å². The van der Waals surface area contributed by atoms with E-state index in [-0.39, 0.29) is 5.97 Å². The van der Waals surface area contributed by atoms with Gasteiger partial charge in [-0.05, 0) is 24.3 Å². The van der Waals surface area contributed by atoms with Crippen LogP contribution < -0.4 is 4.74 Å². The van der Waals surface area contributed by atoms with E-state index in [9.17, 15) is 4.79 Å². The zero-order chi connectivity index (χ0) is 13.5. The second-order valence-electron chi connectivity index (χ2n) is 3.80. The topological polar surface area (TPSA) is 26.3 Å². The molecule has 0 aliphatic heterocycles. The average Bonchev–Trinajstić information content (AvgIpc) is 2.46. The molecule has 3 heteroatoms. The summed E-state index contributed by atoms with van der Waals surface area (Å²) in [5.41, 5.74) is 0.582. The van der Waals surface area contributed by atoms with E-state index in [1.54, 1.807) is 30.0 Å². The fourth-order valence-electron chi connectivity index (χ4n) is 1.56. The van der Waals surface area contributed by atoms with Crippen molar-refractivity contribution in [2.75, 3.05) is 5.75 Å². The van der Waals surface area contributed by atoms with Gasteiger partial charge in [-0.1, -0.05) is 36.4 Å². The van der Waals surface area contributed by atoms with E-state index >= 15 is 0 Å². The Morgan fingerprint density at radius 1 is 1.11 bits per heavy atom. The summed E-state index contributed by atoms with van der Waals surface area (Å²) >= 11 is 1.57. The van der Waals surface area contributed by atoms with Crippen LogP contribution >= 0.6 is 11.8 Å². The third-order valence-electron chi connectivity index (χ3n) is 2.42. The van der Waals surface area contributed by atoms with Gasteiger partial charge in [-0.2, -0.15) is 0 Å². The van der Waals surface area contributed by atoms with Gasteiger partial charge in [0.1, 0.15) is 5.75 Å². The van der Waals surface area contributed by atoms with E-state index in [4.69, 9.17) is 4.74 Å². The lowest BCUT2D eigenvalue weighted by Crippen LogP contribution is -2.09. The maximum absolute atomic E-state index is 12.1. The molecule has 0 heterocycles. The summed E-state index contributed by atoms with van der Waals surface area (Å²) in [5.74, 6) is 0.977. The number of esters is 1. The molecule has 0 N–H and O–H groups in total. The van der Waals surface area contributed by atoms with Crippen LogP contribution in [0.2, 0.25) is 0 Å². The SMILES string of the molecule is C=CCSc1ccccc1C(=O)Oc1ccccc1. The Bertz CT molecular complexity index is 564. The van der Waals surface area contributed by atoms with Crippen molar-refractivity contribution >= 4 is 17.7 Å². The molecule has 0 fully saturated rings. The van der Waals surface area contributed by atoms with Crippen LogP contribution in [0.3, 0.4) is 0 Å². The summed E-state index contributed by atoms with van der Waals surface area (Å²) in [6.45, 7) is 3.68. The van der Waals surface area contributed by atoms with Crippen LogP contribution in [0.1, 0.15) is 10.4 Å². The van der Waals surface area contributed by atoms with Gasteiger partial charge in [0.2, 0.25) is 0 Å². The minimum absolute atomic E-state index is 0.335. The molecular weight excluding hydrogens is 256 g/mol. The molecule has 19 heavy (non-hydrogen) atoms. The molecule has 0 spiro atoms. The molecule has 0 bridgehead atoms. The van der Waals surface area contributed by atoms with Gasteiger partial charge in [-0.25, -0.2) is 4.79 Å². The lowest BCUT2D eigenvalue weighted by atomic mass is 10.2. The predicted molar refractivity (Wildman–Crippen MR) is 78.8 cm³/mol. The van der Waals surface area contributed by atoms with Gasteiger partial charge >= 0.3 is 5.97 Å². The van der Waals surface area contributed by atoms with Crippen LogP contribution in [0.15, 0.2) is 72.1 Å². The van der Waals surface area contributed by atoms with Crippen LogP contribution in [0.4, 0.5) is 0 Å². The van der Waals surface area contributed by atoms with Crippen molar-refractivity contribution in [3.05, 3.63) is 72.8 Å². The summed E-state index contributed by atoms with van der Waals surface area (Å²) in [4.78, 5) is 13.0. The molecular formula is C16H14O2S. The van der Waals surface area contributed by atoms with Crippen molar-refractivity contribution in [1.29, 1.82) is 0 Å². The van der Waals surface area contributed by atoms with Gasteiger partial charge < -0.3 is 4.74 Å². The van der Waals surface area contributed by atoms with Crippen LogP contribution in [-0.4, -0.2) is 11.7 Å². The van der Waals surface area contributed by atoms with Gasteiger partial charge in [-0.15, -0.1) is 18.3 Å². The van der Waals surface area contributed by atoms with E-state index in [1.807, 2.05) is 42.5 Å². The Balaban J connectivity index is 2.16. The molecule has 0 aliphatic carbocycles. The maximum Gasteiger partial charge on any atom is 0.344 e. The molecule has 2 nitrogen and oxygen atoms in total. The minimum Gasteiger partial charge on any atom is -0.423 e. The number of benzene rings is 2. The van der Waals surface area contributed by atoms with Crippen molar-refractivity contribution < 1.29 is 9.53 Å². The maximum atomic E-state index is 12.1. The fraction of sp³-hybridized carbons (Fsp3) is 0.0625. The molecule has 0 unspecified atom stereocenters. The monoisotopic (exact) mass is 270 g/mol. The number of carbonyl (C=O) groups is 1. The van der Waals surface area contributed by atoms with Crippen molar-refractivity contribution in [3.8, 4) is 5.75 Å². The van der Waals surface area contributed by atoms with Gasteiger partial charge in [0, 0.05) is 10.6 Å². The first-order chi connectivity index (χ1) is 9.31. The summed E-state index contributed by atoms with van der Waals surface area (Å²) < 4.78 is 5.34. The smallest absolute Gasteiger partial charge is 0.344 e. The van der Waals surface area contributed by atoms with Crippen LogP contribution in [0, 0.1) is 0 Å².